The van der Waals surface area contributed by atoms with E-state index in [-0.39, 0.29) is 24.0 Å². The van der Waals surface area contributed by atoms with Gasteiger partial charge in [-0.15, -0.1) is 24.0 Å². The van der Waals surface area contributed by atoms with Crippen LogP contribution in [-0.4, -0.2) is 46.3 Å². The van der Waals surface area contributed by atoms with Gasteiger partial charge in [-0.05, 0) is 18.6 Å². The van der Waals surface area contributed by atoms with Crippen molar-refractivity contribution in [2.24, 2.45) is 4.99 Å². The van der Waals surface area contributed by atoms with Gasteiger partial charge in [0.15, 0.2) is 5.96 Å². The SMILES string of the molecule is CN=C(NC)NC1CCN(c2ccccc2OC)C1.I. The number of aliphatic imine (C=N–C) groups is 1. The molecule has 20 heavy (non-hydrogen) atoms. The van der Waals surface area contributed by atoms with Gasteiger partial charge in [-0.2, -0.15) is 0 Å². The maximum atomic E-state index is 5.42. The molecule has 0 saturated carbocycles. The first kappa shape index (κ1) is 16.9. The van der Waals surface area contributed by atoms with Crippen molar-refractivity contribution in [1.29, 1.82) is 0 Å². The van der Waals surface area contributed by atoms with Crippen LogP contribution in [0.2, 0.25) is 0 Å². The Morgan fingerprint density at radius 2 is 2.15 bits per heavy atom. The summed E-state index contributed by atoms with van der Waals surface area (Å²) in [7, 11) is 5.38. The molecule has 0 amide bonds. The average Bonchev–Trinajstić information content (AvgIpc) is 2.93. The van der Waals surface area contributed by atoms with Crippen LogP contribution in [0.4, 0.5) is 5.69 Å². The van der Waals surface area contributed by atoms with Crippen molar-refractivity contribution in [3.8, 4) is 5.75 Å². The summed E-state index contributed by atoms with van der Waals surface area (Å²) in [6.07, 6.45) is 1.10. The minimum Gasteiger partial charge on any atom is -0.495 e. The Hall–Kier alpha value is -1.18. The fraction of sp³-hybridized carbons (Fsp3) is 0.500. The number of hydrogen-bond acceptors (Lipinski definition) is 3. The molecule has 5 nitrogen and oxygen atoms in total. The number of para-hydroxylation sites is 2. The van der Waals surface area contributed by atoms with Crippen LogP contribution in [0.1, 0.15) is 6.42 Å². The molecular formula is C14H23IN4O. The molecule has 1 atom stereocenters. The van der Waals surface area contributed by atoms with Crippen LogP contribution >= 0.6 is 24.0 Å². The Labute approximate surface area is 137 Å². The lowest BCUT2D eigenvalue weighted by Crippen LogP contribution is -2.43. The summed E-state index contributed by atoms with van der Waals surface area (Å²) in [6.45, 7) is 1.99. The molecule has 1 aromatic carbocycles. The van der Waals surface area contributed by atoms with Gasteiger partial charge >= 0.3 is 0 Å². The molecule has 1 heterocycles. The third-order valence-corrected chi connectivity index (χ3v) is 3.42. The zero-order valence-corrected chi connectivity index (χ0v) is 14.5. The second-order valence-corrected chi connectivity index (χ2v) is 4.57. The zero-order valence-electron chi connectivity index (χ0n) is 12.2. The second kappa shape index (κ2) is 8.18. The minimum absolute atomic E-state index is 0. The van der Waals surface area contributed by atoms with E-state index in [0.717, 1.165) is 36.9 Å². The summed E-state index contributed by atoms with van der Waals surface area (Å²) in [5.74, 6) is 1.77. The van der Waals surface area contributed by atoms with Gasteiger partial charge < -0.3 is 20.3 Å². The van der Waals surface area contributed by atoms with Crippen molar-refractivity contribution < 1.29 is 4.74 Å². The van der Waals surface area contributed by atoms with Gasteiger partial charge in [0.2, 0.25) is 0 Å². The highest BCUT2D eigenvalue weighted by Gasteiger charge is 2.24. The van der Waals surface area contributed by atoms with Crippen LogP contribution < -0.4 is 20.3 Å². The van der Waals surface area contributed by atoms with Gasteiger partial charge in [-0.1, -0.05) is 12.1 Å². The highest BCUT2D eigenvalue weighted by Crippen LogP contribution is 2.30. The molecule has 1 aliphatic rings. The number of anilines is 1. The Morgan fingerprint density at radius 1 is 1.40 bits per heavy atom. The number of rotatable bonds is 3. The molecule has 0 radical (unpaired) electrons. The Kier molecular flexibility index (Phi) is 6.90. The molecule has 1 unspecified atom stereocenters. The lowest BCUT2D eigenvalue weighted by Gasteiger charge is -2.21. The minimum atomic E-state index is 0. The summed E-state index contributed by atoms with van der Waals surface area (Å²) in [5.41, 5.74) is 1.16. The van der Waals surface area contributed by atoms with E-state index in [9.17, 15) is 0 Å². The van der Waals surface area contributed by atoms with Crippen LogP contribution in [0.15, 0.2) is 29.3 Å². The molecular weight excluding hydrogens is 367 g/mol. The number of nitrogens with one attached hydrogen (secondary N) is 2. The van der Waals surface area contributed by atoms with Gasteiger partial charge in [0.05, 0.1) is 12.8 Å². The van der Waals surface area contributed by atoms with Crippen molar-refractivity contribution in [3.05, 3.63) is 24.3 Å². The van der Waals surface area contributed by atoms with Crippen LogP contribution in [0, 0.1) is 0 Å². The molecule has 6 heteroatoms. The molecule has 1 aliphatic heterocycles. The van der Waals surface area contributed by atoms with E-state index in [4.69, 9.17) is 4.74 Å². The molecule has 0 aromatic heterocycles. The van der Waals surface area contributed by atoms with Crippen molar-refractivity contribution in [3.63, 3.8) is 0 Å². The van der Waals surface area contributed by atoms with Crippen molar-refractivity contribution >= 4 is 35.6 Å². The summed E-state index contributed by atoms with van der Waals surface area (Å²) in [4.78, 5) is 6.50. The highest BCUT2D eigenvalue weighted by atomic mass is 127. The number of benzene rings is 1. The van der Waals surface area contributed by atoms with Crippen LogP contribution in [0.5, 0.6) is 5.75 Å². The quantitative estimate of drug-likeness (QED) is 0.469. The molecule has 1 aromatic rings. The van der Waals surface area contributed by atoms with Crippen molar-refractivity contribution in [2.45, 2.75) is 12.5 Å². The summed E-state index contributed by atoms with van der Waals surface area (Å²) in [6, 6.07) is 8.56. The monoisotopic (exact) mass is 390 g/mol. The fourth-order valence-electron chi connectivity index (χ4n) is 2.43. The summed E-state index contributed by atoms with van der Waals surface area (Å²) >= 11 is 0. The standard InChI is InChI=1S/C14H22N4O.HI/c1-15-14(16-2)17-11-8-9-18(10-11)12-6-4-5-7-13(12)19-3;/h4-7,11H,8-10H2,1-3H3,(H2,15,16,17);1H. The highest BCUT2D eigenvalue weighted by molar-refractivity contribution is 14.0. The van der Waals surface area contributed by atoms with Gasteiger partial charge in [0.1, 0.15) is 5.75 Å². The molecule has 112 valence electrons. The van der Waals surface area contributed by atoms with Crippen LogP contribution in [-0.2, 0) is 0 Å². The molecule has 0 aliphatic carbocycles. The van der Waals surface area contributed by atoms with E-state index < -0.39 is 0 Å². The topological polar surface area (TPSA) is 48.9 Å². The Bertz CT molecular complexity index is 453. The largest absolute Gasteiger partial charge is 0.495 e. The average molecular weight is 390 g/mol. The molecule has 1 fully saturated rings. The van der Waals surface area contributed by atoms with Gasteiger partial charge in [0.25, 0.3) is 0 Å². The lowest BCUT2D eigenvalue weighted by atomic mass is 10.2. The van der Waals surface area contributed by atoms with E-state index in [1.54, 1.807) is 14.2 Å². The molecule has 0 bridgehead atoms. The Balaban J connectivity index is 0.00000200. The third-order valence-electron chi connectivity index (χ3n) is 3.42. The number of guanidine groups is 1. The van der Waals surface area contributed by atoms with Crippen LogP contribution in [0.25, 0.3) is 0 Å². The van der Waals surface area contributed by atoms with E-state index in [1.807, 2.05) is 25.2 Å². The molecule has 2 rings (SSSR count). The number of ether oxygens (including phenoxy) is 1. The fourth-order valence-corrected chi connectivity index (χ4v) is 2.43. The van der Waals surface area contributed by atoms with Gasteiger partial charge in [-0.3, -0.25) is 4.99 Å². The number of nitrogens with zero attached hydrogens (tertiary/aromatic N) is 2. The normalized spacial score (nSPS) is 18.4. The van der Waals surface area contributed by atoms with Crippen molar-refractivity contribution in [2.75, 3.05) is 39.2 Å². The van der Waals surface area contributed by atoms with E-state index in [2.05, 4.69) is 26.6 Å². The van der Waals surface area contributed by atoms with Crippen LogP contribution in [0.3, 0.4) is 0 Å². The second-order valence-electron chi connectivity index (χ2n) is 4.57. The maximum absolute atomic E-state index is 5.42. The maximum Gasteiger partial charge on any atom is 0.190 e. The van der Waals surface area contributed by atoms with Crippen molar-refractivity contribution in [1.82, 2.24) is 10.6 Å². The molecule has 1 saturated heterocycles. The molecule has 2 N–H and O–H groups in total. The number of halogens is 1. The predicted molar refractivity (Wildman–Crippen MR) is 94.6 cm³/mol. The lowest BCUT2D eigenvalue weighted by molar-refractivity contribution is 0.415. The molecule has 0 spiro atoms. The summed E-state index contributed by atoms with van der Waals surface area (Å²) in [5, 5.41) is 6.46. The first-order valence-corrected chi connectivity index (χ1v) is 6.57. The van der Waals surface area contributed by atoms with E-state index in [0.29, 0.717) is 6.04 Å². The van der Waals surface area contributed by atoms with E-state index in [1.165, 1.54) is 0 Å². The first-order chi connectivity index (χ1) is 9.28. The predicted octanol–water partition coefficient (Wildman–Crippen LogP) is 1.69. The number of hydrogen-bond donors (Lipinski definition) is 2. The first-order valence-electron chi connectivity index (χ1n) is 6.57. The zero-order chi connectivity index (χ0) is 13.7. The smallest absolute Gasteiger partial charge is 0.190 e. The Morgan fingerprint density at radius 3 is 2.80 bits per heavy atom. The third kappa shape index (κ3) is 3.91. The summed E-state index contributed by atoms with van der Waals surface area (Å²) < 4.78 is 5.42. The van der Waals surface area contributed by atoms with Gasteiger partial charge in [-0.25, -0.2) is 0 Å². The van der Waals surface area contributed by atoms with E-state index >= 15 is 0 Å². The van der Waals surface area contributed by atoms with Gasteiger partial charge in [0, 0.05) is 33.2 Å². The number of methoxy groups -OCH3 is 1.